The van der Waals surface area contributed by atoms with Gasteiger partial charge in [-0.05, 0) is 55.3 Å². The minimum absolute atomic E-state index is 0.311. The van der Waals surface area contributed by atoms with E-state index in [1.807, 2.05) is 0 Å². The van der Waals surface area contributed by atoms with Crippen molar-refractivity contribution < 1.29 is 9.18 Å². The Bertz CT molecular complexity index is 1620. The van der Waals surface area contributed by atoms with Gasteiger partial charge in [-0.2, -0.15) is 0 Å². The average Bonchev–Trinajstić information content (AvgIpc) is 3.38. The smallest absolute Gasteiger partial charge is 0.314 e. The van der Waals surface area contributed by atoms with E-state index in [1.165, 1.54) is 61.6 Å². The first-order valence-corrected chi connectivity index (χ1v) is 14.1. The van der Waals surface area contributed by atoms with Crippen molar-refractivity contribution in [1.29, 1.82) is 0 Å². The van der Waals surface area contributed by atoms with Gasteiger partial charge in [0.25, 0.3) is 5.91 Å². The Balaban J connectivity index is 1.25. The number of carbonyl (C=O) groups is 1. The molecular formula is C28H29FN6O3S. The predicted octanol–water partition coefficient (Wildman–Crippen LogP) is 4.19. The Kier molecular flexibility index (Phi) is 7.01. The predicted molar refractivity (Wildman–Crippen MR) is 151 cm³/mol. The molecule has 1 aliphatic carbocycles. The molecule has 2 aromatic carbocycles. The van der Waals surface area contributed by atoms with Crippen LogP contribution in [0.25, 0.3) is 22.3 Å². The van der Waals surface area contributed by atoms with E-state index in [1.54, 1.807) is 24.3 Å². The van der Waals surface area contributed by atoms with Crippen molar-refractivity contribution in [3.8, 4) is 11.3 Å². The molecule has 39 heavy (non-hydrogen) atoms. The van der Waals surface area contributed by atoms with Gasteiger partial charge < -0.3 is 14.9 Å². The second-order valence-corrected chi connectivity index (χ2v) is 11.1. The standard InChI is InChI=1S/C28H29FN6O3S/c29-19-9-6-17(7-10-19)23-27(35-14-12-34(13-15-35)20-4-2-1-3-5-20)39-28(32-23)33-24(36)18-8-11-21-22(16-18)31-26(38)25(37)30-21/h6-11,16,20H,1-5,12-15H2,(H,30,37)(H,31,38)(H,32,33,36). The van der Waals surface area contributed by atoms with Crippen LogP contribution in [0.3, 0.4) is 0 Å². The molecule has 4 aromatic rings. The van der Waals surface area contributed by atoms with E-state index in [2.05, 4.69) is 25.1 Å². The summed E-state index contributed by atoms with van der Waals surface area (Å²) < 4.78 is 13.7. The van der Waals surface area contributed by atoms with E-state index in [4.69, 9.17) is 4.98 Å². The summed E-state index contributed by atoms with van der Waals surface area (Å²) >= 11 is 1.40. The number of fused-ring (bicyclic) bond motifs is 1. The number of aromatic nitrogens is 3. The number of H-pyrrole nitrogens is 2. The van der Waals surface area contributed by atoms with Gasteiger partial charge in [-0.25, -0.2) is 9.37 Å². The van der Waals surface area contributed by atoms with E-state index < -0.39 is 17.0 Å². The van der Waals surface area contributed by atoms with Crippen molar-refractivity contribution in [2.24, 2.45) is 0 Å². The van der Waals surface area contributed by atoms with Crippen LogP contribution in [0.2, 0.25) is 0 Å². The first-order valence-electron chi connectivity index (χ1n) is 13.3. The lowest BCUT2D eigenvalue weighted by molar-refractivity contribution is 0.102. The summed E-state index contributed by atoms with van der Waals surface area (Å²) in [5, 5.41) is 4.26. The molecule has 1 saturated heterocycles. The van der Waals surface area contributed by atoms with Gasteiger partial charge in [0.1, 0.15) is 16.5 Å². The van der Waals surface area contributed by atoms with Crippen LogP contribution in [0.1, 0.15) is 42.5 Å². The highest BCUT2D eigenvalue weighted by atomic mass is 32.1. The molecule has 6 rings (SSSR count). The average molecular weight is 549 g/mol. The molecule has 2 fully saturated rings. The van der Waals surface area contributed by atoms with E-state index in [9.17, 15) is 18.8 Å². The number of aromatic amines is 2. The minimum Gasteiger partial charge on any atom is -0.359 e. The van der Waals surface area contributed by atoms with Crippen LogP contribution in [-0.2, 0) is 0 Å². The SMILES string of the molecule is O=C(Nc1nc(-c2ccc(F)cc2)c(N2CCN(C3CCCCC3)CC2)s1)c1ccc2[nH]c(=O)c(=O)[nH]c2c1. The molecule has 1 amide bonds. The summed E-state index contributed by atoms with van der Waals surface area (Å²) in [5.74, 6) is -0.710. The summed E-state index contributed by atoms with van der Waals surface area (Å²) in [5.41, 5.74) is 1.06. The Morgan fingerprint density at radius 3 is 2.33 bits per heavy atom. The fourth-order valence-electron chi connectivity index (χ4n) is 5.54. The van der Waals surface area contributed by atoms with Crippen LogP contribution < -0.4 is 21.3 Å². The van der Waals surface area contributed by atoms with Gasteiger partial charge in [0.2, 0.25) is 0 Å². The third kappa shape index (κ3) is 5.37. The lowest BCUT2D eigenvalue weighted by Gasteiger charge is -2.41. The highest BCUT2D eigenvalue weighted by Crippen LogP contribution is 2.39. The van der Waals surface area contributed by atoms with Crippen molar-refractivity contribution >= 4 is 38.4 Å². The minimum atomic E-state index is -0.780. The van der Waals surface area contributed by atoms with Gasteiger partial charge in [0.05, 0.1) is 11.0 Å². The summed E-state index contributed by atoms with van der Waals surface area (Å²) in [7, 11) is 0. The van der Waals surface area contributed by atoms with Crippen LogP contribution in [-0.4, -0.2) is 58.0 Å². The monoisotopic (exact) mass is 548 g/mol. The molecule has 1 saturated carbocycles. The molecular weight excluding hydrogens is 519 g/mol. The van der Waals surface area contributed by atoms with E-state index in [0.29, 0.717) is 33.5 Å². The molecule has 202 valence electrons. The van der Waals surface area contributed by atoms with Gasteiger partial charge in [0, 0.05) is 43.3 Å². The maximum atomic E-state index is 13.7. The summed E-state index contributed by atoms with van der Waals surface area (Å²) in [4.78, 5) is 51.1. The van der Waals surface area contributed by atoms with Crippen molar-refractivity contribution in [2.45, 2.75) is 38.1 Å². The zero-order valence-corrected chi connectivity index (χ0v) is 22.2. The van der Waals surface area contributed by atoms with Gasteiger partial charge in [-0.15, -0.1) is 0 Å². The van der Waals surface area contributed by atoms with Crippen molar-refractivity contribution in [3.63, 3.8) is 0 Å². The Morgan fingerprint density at radius 2 is 1.62 bits per heavy atom. The molecule has 0 unspecified atom stereocenters. The first kappa shape index (κ1) is 25.4. The van der Waals surface area contributed by atoms with Crippen LogP contribution in [0.4, 0.5) is 14.5 Å². The Hall–Kier alpha value is -3.83. The number of piperazine rings is 1. The second kappa shape index (κ2) is 10.7. The largest absolute Gasteiger partial charge is 0.359 e. The lowest BCUT2D eigenvalue weighted by Crippen LogP contribution is -2.50. The van der Waals surface area contributed by atoms with Gasteiger partial charge in [-0.3, -0.25) is 24.6 Å². The maximum Gasteiger partial charge on any atom is 0.314 e. The molecule has 3 heterocycles. The van der Waals surface area contributed by atoms with Crippen LogP contribution in [0.15, 0.2) is 52.1 Å². The number of nitrogens with zero attached hydrogens (tertiary/aromatic N) is 3. The molecule has 0 spiro atoms. The molecule has 9 nitrogen and oxygen atoms in total. The van der Waals surface area contributed by atoms with Crippen molar-refractivity contribution in [3.05, 3.63) is 74.6 Å². The number of amides is 1. The fraction of sp³-hybridized carbons (Fsp3) is 0.357. The fourth-order valence-corrected chi connectivity index (χ4v) is 6.57. The van der Waals surface area contributed by atoms with Crippen molar-refractivity contribution in [1.82, 2.24) is 19.9 Å². The number of hydrogen-bond acceptors (Lipinski definition) is 7. The topological polar surface area (TPSA) is 114 Å². The Labute approximate surface area is 227 Å². The number of hydrogen-bond donors (Lipinski definition) is 3. The zero-order chi connectivity index (χ0) is 26.9. The summed E-state index contributed by atoms with van der Waals surface area (Å²) in [6.07, 6.45) is 6.50. The maximum absolute atomic E-state index is 13.7. The van der Waals surface area contributed by atoms with Gasteiger partial charge in [0.15, 0.2) is 5.13 Å². The number of carbonyl (C=O) groups excluding carboxylic acids is 1. The highest BCUT2D eigenvalue weighted by molar-refractivity contribution is 7.20. The number of benzene rings is 2. The molecule has 2 aliphatic rings. The number of thiazole rings is 1. The lowest BCUT2D eigenvalue weighted by atomic mass is 9.94. The molecule has 11 heteroatoms. The van der Waals surface area contributed by atoms with Crippen LogP contribution in [0.5, 0.6) is 0 Å². The summed E-state index contributed by atoms with van der Waals surface area (Å²) in [6.45, 7) is 3.67. The second-order valence-electron chi connectivity index (χ2n) is 10.1. The number of rotatable bonds is 5. The molecule has 0 atom stereocenters. The number of halogens is 1. The van der Waals surface area contributed by atoms with E-state index in [0.717, 1.165) is 36.7 Å². The first-order chi connectivity index (χ1) is 18.9. The normalized spacial score (nSPS) is 17.0. The summed E-state index contributed by atoms with van der Waals surface area (Å²) in [6, 6.07) is 11.6. The highest BCUT2D eigenvalue weighted by Gasteiger charge is 2.28. The zero-order valence-electron chi connectivity index (χ0n) is 21.3. The Morgan fingerprint density at radius 1 is 0.923 bits per heavy atom. The number of nitrogens with one attached hydrogen (secondary N) is 3. The van der Waals surface area contributed by atoms with Crippen molar-refractivity contribution in [2.75, 3.05) is 36.4 Å². The molecule has 3 N–H and O–H groups in total. The van der Waals surface area contributed by atoms with Gasteiger partial charge >= 0.3 is 11.1 Å². The van der Waals surface area contributed by atoms with E-state index in [-0.39, 0.29) is 5.82 Å². The molecule has 0 bridgehead atoms. The van der Waals surface area contributed by atoms with Crippen LogP contribution >= 0.6 is 11.3 Å². The molecule has 1 aliphatic heterocycles. The molecule has 0 radical (unpaired) electrons. The third-order valence-electron chi connectivity index (χ3n) is 7.62. The third-order valence-corrected chi connectivity index (χ3v) is 8.66. The quantitative estimate of drug-likeness (QED) is 0.323. The molecule has 2 aromatic heterocycles. The van der Waals surface area contributed by atoms with Gasteiger partial charge in [-0.1, -0.05) is 30.6 Å². The van der Waals surface area contributed by atoms with Crippen LogP contribution in [0, 0.1) is 5.82 Å². The number of anilines is 2. The van der Waals surface area contributed by atoms with E-state index >= 15 is 0 Å².